The quantitative estimate of drug-likeness (QED) is 0.508. The van der Waals surface area contributed by atoms with Gasteiger partial charge in [-0.1, -0.05) is 0 Å². The SMILES string of the molecule is [CH-]=CC1=[C-]OP(=O)([O-])O1.[Ce+3]. The number of phosphoric acid groups is 1. The summed E-state index contributed by atoms with van der Waals surface area (Å²) in [7, 11) is -4.13. The zero-order chi connectivity index (χ0) is 6.91. The second-order valence-electron chi connectivity index (χ2n) is 1.26. The predicted molar refractivity (Wildman–Crippen MR) is 25.4 cm³/mol. The molecule has 0 amide bonds. The van der Waals surface area contributed by atoms with E-state index in [2.05, 4.69) is 9.05 Å². The Labute approximate surface area is 91.9 Å². The van der Waals surface area contributed by atoms with Crippen LogP contribution in [0.4, 0.5) is 0 Å². The van der Waals surface area contributed by atoms with Gasteiger partial charge in [0, 0.05) is 0 Å². The molecule has 0 aromatic carbocycles. The third-order valence-electron chi connectivity index (χ3n) is 0.620. The number of phosphoric ester groups is 1. The van der Waals surface area contributed by atoms with Gasteiger partial charge in [-0.3, -0.25) is 0 Å². The van der Waals surface area contributed by atoms with Gasteiger partial charge in [0.15, 0.2) is 0 Å². The summed E-state index contributed by atoms with van der Waals surface area (Å²) in [6, 6.07) is 0. The van der Waals surface area contributed by atoms with Crippen LogP contribution in [-0.2, 0) is 13.6 Å². The van der Waals surface area contributed by atoms with Crippen LogP contribution in [0, 0.1) is 54.6 Å². The number of hydrogen-bond acceptors (Lipinski definition) is 4. The Bertz CT molecular complexity index is 211. The van der Waals surface area contributed by atoms with Gasteiger partial charge in [0.1, 0.15) is 0 Å². The average molecular weight is 285 g/mol. The Morgan fingerprint density at radius 3 is 2.60 bits per heavy atom. The second-order valence-corrected chi connectivity index (χ2v) is 2.52. The molecule has 51 valence electrons. The summed E-state index contributed by atoms with van der Waals surface area (Å²) < 4.78 is 18.2. The molecule has 0 bridgehead atoms. The maximum Gasteiger partial charge on any atom is 3.00 e. The van der Waals surface area contributed by atoms with E-state index >= 15 is 0 Å². The van der Waals surface area contributed by atoms with Crippen molar-refractivity contribution in [2.75, 3.05) is 0 Å². The normalized spacial score (nSPS) is 29.1. The molecule has 0 aliphatic carbocycles. The molecule has 0 aromatic rings. The van der Waals surface area contributed by atoms with Crippen LogP contribution in [0.25, 0.3) is 0 Å². The van der Waals surface area contributed by atoms with Crippen LogP contribution in [0.15, 0.2) is 11.8 Å². The molecule has 10 heavy (non-hydrogen) atoms. The summed E-state index contributed by atoms with van der Waals surface area (Å²) >= 11 is 0. The first-order chi connectivity index (χ1) is 4.14. The molecular formula is C4H2CeO4P. The zero-order valence-electron chi connectivity index (χ0n) is 4.73. The van der Waals surface area contributed by atoms with Gasteiger partial charge >= 0.3 is 49.6 Å². The van der Waals surface area contributed by atoms with Gasteiger partial charge in [-0.2, -0.15) is 5.76 Å². The van der Waals surface area contributed by atoms with E-state index in [9.17, 15) is 9.46 Å². The summed E-state index contributed by atoms with van der Waals surface area (Å²) in [6.45, 7) is 4.87. The molecule has 1 unspecified atom stereocenters. The maximum atomic E-state index is 10.2. The van der Waals surface area contributed by atoms with Crippen molar-refractivity contribution in [3.8, 4) is 0 Å². The van der Waals surface area contributed by atoms with Gasteiger partial charge in [-0.05, 0) is 0 Å². The monoisotopic (exact) mass is 285 g/mol. The van der Waals surface area contributed by atoms with Gasteiger partial charge in [-0.15, -0.1) is 6.26 Å². The minimum absolute atomic E-state index is 0. The second kappa shape index (κ2) is 3.87. The van der Waals surface area contributed by atoms with Crippen LogP contribution < -0.4 is 4.89 Å². The molecular weight excluding hydrogens is 283 g/mol. The van der Waals surface area contributed by atoms with Gasteiger partial charge in [0.05, 0.1) is 0 Å². The fourth-order valence-electron chi connectivity index (χ4n) is 0.323. The smallest absolute Gasteiger partial charge is 0.738 e. The van der Waals surface area contributed by atoms with Gasteiger partial charge in [0.2, 0.25) is 0 Å². The molecule has 0 saturated carbocycles. The third-order valence-corrected chi connectivity index (χ3v) is 1.35. The average Bonchev–Trinajstić information content (AvgIpc) is 2.10. The van der Waals surface area contributed by atoms with Crippen molar-refractivity contribution in [2.24, 2.45) is 0 Å². The fraction of sp³-hybridized carbons (Fsp3) is 0. The van der Waals surface area contributed by atoms with Gasteiger partial charge < -0.3 is 26.6 Å². The van der Waals surface area contributed by atoms with Crippen molar-refractivity contribution in [3.05, 3.63) is 24.7 Å². The van der Waals surface area contributed by atoms with E-state index in [1.54, 1.807) is 0 Å². The molecule has 0 saturated heterocycles. The van der Waals surface area contributed by atoms with Crippen LogP contribution in [0.5, 0.6) is 0 Å². The molecule has 6 heteroatoms. The van der Waals surface area contributed by atoms with E-state index < -0.39 is 7.82 Å². The van der Waals surface area contributed by atoms with Crippen molar-refractivity contribution >= 4 is 7.82 Å². The summed E-state index contributed by atoms with van der Waals surface area (Å²) in [5.41, 5.74) is 0. The van der Waals surface area contributed by atoms with E-state index in [0.717, 1.165) is 6.08 Å². The Morgan fingerprint density at radius 1 is 1.80 bits per heavy atom. The first kappa shape index (κ1) is 10.6. The van der Waals surface area contributed by atoms with Crippen LogP contribution in [-0.4, -0.2) is 0 Å². The topological polar surface area (TPSA) is 58.6 Å². The Kier molecular flexibility index (Phi) is 4.12. The van der Waals surface area contributed by atoms with Crippen LogP contribution in [0.1, 0.15) is 0 Å². The standard InChI is InChI=1S/C4H3O4P.Ce/c1-2-4-3-7-9(5,6)8-4;/h1-2H,(H,5,6);/q-2;+3/p-1. The molecule has 1 atom stereocenters. The largest absolute Gasteiger partial charge is 3.00 e. The minimum atomic E-state index is -4.13. The van der Waals surface area contributed by atoms with Crippen LogP contribution >= 0.6 is 7.82 Å². The third kappa shape index (κ3) is 2.71. The Balaban J connectivity index is 0.000000810. The van der Waals surface area contributed by atoms with Crippen molar-refractivity contribution in [2.45, 2.75) is 0 Å². The zero-order valence-corrected chi connectivity index (χ0v) is 8.77. The van der Waals surface area contributed by atoms with Crippen molar-refractivity contribution in [3.63, 3.8) is 0 Å². The molecule has 0 fully saturated rings. The van der Waals surface area contributed by atoms with Crippen molar-refractivity contribution in [1.82, 2.24) is 0 Å². The van der Waals surface area contributed by atoms with E-state index in [0.29, 0.717) is 0 Å². The summed E-state index contributed by atoms with van der Waals surface area (Å²) in [4.78, 5) is 10.2. The first-order valence-electron chi connectivity index (χ1n) is 2.01. The molecule has 1 radical (unpaired) electrons. The molecule has 0 spiro atoms. The molecule has 0 N–H and O–H groups in total. The summed E-state index contributed by atoms with van der Waals surface area (Å²) in [5.74, 6) is -0.117. The Morgan fingerprint density at radius 2 is 2.40 bits per heavy atom. The van der Waals surface area contributed by atoms with E-state index in [-0.39, 0.29) is 47.5 Å². The summed E-state index contributed by atoms with van der Waals surface area (Å²) in [5, 5.41) is 0. The number of allylic oxidation sites excluding steroid dienone is 1. The Hall–Kier alpha value is 0.647. The van der Waals surface area contributed by atoms with Crippen LogP contribution in [0.2, 0.25) is 0 Å². The fourth-order valence-corrected chi connectivity index (χ4v) is 0.901. The van der Waals surface area contributed by atoms with Crippen LogP contribution in [0.3, 0.4) is 0 Å². The van der Waals surface area contributed by atoms with Crippen molar-refractivity contribution < 1.29 is 60.3 Å². The molecule has 0 aromatic heterocycles. The first-order valence-corrected chi connectivity index (χ1v) is 3.47. The molecule has 1 heterocycles. The molecule has 1 aliphatic rings. The van der Waals surface area contributed by atoms with Gasteiger partial charge in [-0.25, -0.2) is 4.57 Å². The number of rotatable bonds is 1. The van der Waals surface area contributed by atoms with Crippen molar-refractivity contribution in [1.29, 1.82) is 0 Å². The number of hydrogen-bond donors (Lipinski definition) is 0. The van der Waals surface area contributed by atoms with E-state index in [1.165, 1.54) is 0 Å². The minimum Gasteiger partial charge on any atom is -0.738 e. The summed E-state index contributed by atoms with van der Waals surface area (Å²) in [6.07, 6.45) is 2.88. The molecule has 1 aliphatic heterocycles. The van der Waals surface area contributed by atoms with E-state index in [1.807, 2.05) is 6.26 Å². The van der Waals surface area contributed by atoms with E-state index in [4.69, 9.17) is 6.58 Å². The van der Waals surface area contributed by atoms with Gasteiger partial charge in [0.25, 0.3) is 0 Å². The predicted octanol–water partition coefficient (Wildman–Crippen LogP) is 0.135. The molecule has 1 rings (SSSR count). The molecule has 4 nitrogen and oxygen atoms in total. The maximum absolute atomic E-state index is 10.2.